The van der Waals surface area contributed by atoms with Gasteiger partial charge in [-0.3, -0.25) is 14.7 Å². The standard InChI is InChI=1S/C18H27N3O/c1-15-7-6-9-19-18(15)16-8-12-21(13-16)17(22)14-20-10-4-2-3-5-11-20/h6-7,9,16H,2-5,8,10-14H2,1H3. The van der Waals surface area contributed by atoms with E-state index in [1.807, 2.05) is 17.2 Å². The molecule has 0 aromatic carbocycles. The number of hydrogen-bond acceptors (Lipinski definition) is 3. The van der Waals surface area contributed by atoms with E-state index in [0.29, 0.717) is 18.4 Å². The van der Waals surface area contributed by atoms with Crippen LogP contribution >= 0.6 is 0 Å². The first-order chi connectivity index (χ1) is 10.7. The summed E-state index contributed by atoms with van der Waals surface area (Å²) in [5.74, 6) is 0.715. The zero-order chi connectivity index (χ0) is 15.4. The molecule has 1 atom stereocenters. The molecule has 2 aliphatic heterocycles. The Bertz CT molecular complexity index is 509. The van der Waals surface area contributed by atoms with Crippen LogP contribution < -0.4 is 0 Å². The number of pyridine rings is 1. The van der Waals surface area contributed by atoms with Crippen LogP contribution in [0.5, 0.6) is 0 Å². The smallest absolute Gasteiger partial charge is 0.236 e. The minimum Gasteiger partial charge on any atom is -0.341 e. The van der Waals surface area contributed by atoms with Crippen molar-refractivity contribution in [2.24, 2.45) is 0 Å². The molecule has 1 aromatic rings. The van der Waals surface area contributed by atoms with Crippen LogP contribution in [-0.4, -0.2) is 53.4 Å². The molecule has 0 saturated carbocycles. The third-order valence-electron chi connectivity index (χ3n) is 5.04. The van der Waals surface area contributed by atoms with Gasteiger partial charge in [0.2, 0.25) is 5.91 Å². The highest BCUT2D eigenvalue weighted by Crippen LogP contribution is 2.27. The average Bonchev–Trinajstić information content (AvgIpc) is 2.87. The van der Waals surface area contributed by atoms with Crippen LogP contribution in [0.2, 0.25) is 0 Å². The van der Waals surface area contributed by atoms with Gasteiger partial charge in [0.15, 0.2) is 0 Å². The molecule has 22 heavy (non-hydrogen) atoms. The van der Waals surface area contributed by atoms with Gasteiger partial charge in [-0.05, 0) is 50.9 Å². The fourth-order valence-electron chi connectivity index (χ4n) is 3.72. The second kappa shape index (κ2) is 7.23. The van der Waals surface area contributed by atoms with Crippen molar-refractivity contribution in [3.05, 3.63) is 29.6 Å². The lowest BCUT2D eigenvalue weighted by atomic mass is 10.0. The summed E-state index contributed by atoms with van der Waals surface area (Å²) in [6.45, 7) is 6.61. The number of hydrogen-bond donors (Lipinski definition) is 0. The molecule has 120 valence electrons. The number of aromatic nitrogens is 1. The number of carbonyl (C=O) groups excluding carboxylic acids is 1. The van der Waals surface area contributed by atoms with Crippen LogP contribution in [-0.2, 0) is 4.79 Å². The molecular formula is C18H27N3O. The van der Waals surface area contributed by atoms with Gasteiger partial charge in [-0.1, -0.05) is 18.9 Å². The van der Waals surface area contributed by atoms with Gasteiger partial charge in [0, 0.05) is 30.9 Å². The van der Waals surface area contributed by atoms with Crippen LogP contribution in [0.3, 0.4) is 0 Å². The zero-order valence-electron chi connectivity index (χ0n) is 13.6. The summed E-state index contributed by atoms with van der Waals surface area (Å²) >= 11 is 0. The van der Waals surface area contributed by atoms with Crippen molar-refractivity contribution >= 4 is 5.91 Å². The second-order valence-corrected chi connectivity index (χ2v) is 6.72. The molecular weight excluding hydrogens is 274 g/mol. The molecule has 2 saturated heterocycles. The molecule has 0 bridgehead atoms. The van der Waals surface area contributed by atoms with Gasteiger partial charge < -0.3 is 4.90 Å². The van der Waals surface area contributed by atoms with E-state index < -0.39 is 0 Å². The van der Waals surface area contributed by atoms with Gasteiger partial charge in [-0.25, -0.2) is 0 Å². The van der Waals surface area contributed by atoms with E-state index in [2.05, 4.69) is 22.9 Å². The van der Waals surface area contributed by atoms with Gasteiger partial charge in [-0.15, -0.1) is 0 Å². The Morgan fingerprint density at radius 3 is 2.73 bits per heavy atom. The van der Waals surface area contributed by atoms with Crippen LogP contribution in [0.4, 0.5) is 0 Å². The summed E-state index contributed by atoms with van der Waals surface area (Å²) in [5, 5.41) is 0. The van der Waals surface area contributed by atoms with Crippen LogP contribution in [0.15, 0.2) is 18.3 Å². The number of rotatable bonds is 3. The van der Waals surface area contributed by atoms with Crippen LogP contribution in [0, 0.1) is 6.92 Å². The number of carbonyl (C=O) groups is 1. The van der Waals surface area contributed by atoms with E-state index in [9.17, 15) is 4.79 Å². The largest absolute Gasteiger partial charge is 0.341 e. The fraction of sp³-hybridized carbons (Fsp3) is 0.667. The summed E-state index contributed by atoms with van der Waals surface area (Å²) in [5.41, 5.74) is 2.42. The maximum atomic E-state index is 12.6. The first-order valence-electron chi connectivity index (χ1n) is 8.65. The summed E-state index contributed by atoms with van der Waals surface area (Å²) in [6, 6.07) is 4.10. The molecule has 4 heteroatoms. The van der Waals surface area contributed by atoms with Crippen molar-refractivity contribution in [1.82, 2.24) is 14.8 Å². The number of aryl methyl sites for hydroxylation is 1. The van der Waals surface area contributed by atoms with Crippen molar-refractivity contribution in [2.75, 3.05) is 32.7 Å². The van der Waals surface area contributed by atoms with Crippen molar-refractivity contribution < 1.29 is 4.79 Å². The monoisotopic (exact) mass is 301 g/mol. The molecule has 2 fully saturated rings. The molecule has 0 aliphatic carbocycles. The highest BCUT2D eigenvalue weighted by Gasteiger charge is 2.29. The maximum absolute atomic E-state index is 12.6. The predicted octanol–water partition coefficient (Wildman–Crippen LogP) is 2.58. The lowest BCUT2D eigenvalue weighted by molar-refractivity contribution is -0.131. The Morgan fingerprint density at radius 1 is 1.23 bits per heavy atom. The highest BCUT2D eigenvalue weighted by atomic mass is 16.2. The molecule has 3 rings (SSSR count). The van der Waals surface area contributed by atoms with Gasteiger partial charge in [0.25, 0.3) is 0 Å². The third-order valence-corrected chi connectivity index (χ3v) is 5.04. The third kappa shape index (κ3) is 3.67. The van der Waals surface area contributed by atoms with E-state index in [-0.39, 0.29) is 0 Å². The molecule has 0 spiro atoms. The van der Waals surface area contributed by atoms with Crippen LogP contribution in [0.25, 0.3) is 0 Å². The Labute approximate surface area is 133 Å². The molecule has 3 heterocycles. The molecule has 4 nitrogen and oxygen atoms in total. The van der Waals surface area contributed by atoms with E-state index in [1.165, 1.54) is 36.9 Å². The predicted molar refractivity (Wildman–Crippen MR) is 87.8 cm³/mol. The molecule has 2 aliphatic rings. The first kappa shape index (κ1) is 15.5. The number of nitrogens with zero attached hydrogens (tertiary/aromatic N) is 3. The molecule has 1 aromatic heterocycles. The number of likely N-dealkylation sites (tertiary alicyclic amines) is 2. The molecule has 0 radical (unpaired) electrons. The average molecular weight is 301 g/mol. The summed E-state index contributed by atoms with van der Waals surface area (Å²) in [7, 11) is 0. The van der Waals surface area contributed by atoms with E-state index in [0.717, 1.165) is 32.6 Å². The van der Waals surface area contributed by atoms with Crippen LogP contribution in [0.1, 0.15) is 49.3 Å². The molecule has 0 N–H and O–H groups in total. The van der Waals surface area contributed by atoms with E-state index >= 15 is 0 Å². The van der Waals surface area contributed by atoms with Gasteiger partial charge in [0.05, 0.1) is 6.54 Å². The number of amides is 1. The maximum Gasteiger partial charge on any atom is 0.236 e. The van der Waals surface area contributed by atoms with Gasteiger partial charge in [-0.2, -0.15) is 0 Å². The van der Waals surface area contributed by atoms with Crippen molar-refractivity contribution in [2.45, 2.75) is 44.9 Å². The minimum absolute atomic E-state index is 0.304. The fourth-order valence-corrected chi connectivity index (χ4v) is 3.72. The Balaban J connectivity index is 1.55. The Kier molecular flexibility index (Phi) is 5.08. The summed E-state index contributed by atoms with van der Waals surface area (Å²) in [4.78, 5) is 21.5. The molecule has 1 unspecified atom stereocenters. The Morgan fingerprint density at radius 2 is 2.00 bits per heavy atom. The van der Waals surface area contributed by atoms with Gasteiger partial charge in [0.1, 0.15) is 0 Å². The van der Waals surface area contributed by atoms with Crippen molar-refractivity contribution in [3.8, 4) is 0 Å². The van der Waals surface area contributed by atoms with Crippen molar-refractivity contribution in [3.63, 3.8) is 0 Å². The van der Waals surface area contributed by atoms with E-state index in [4.69, 9.17) is 0 Å². The zero-order valence-corrected chi connectivity index (χ0v) is 13.6. The van der Waals surface area contributed by atoms with Gasteiger partial charge >= 0.3 is 0 Å². The highest BCUT2D eigenvalue weighted by molar-refractivity contribution is 5.78. The Hall–Kier alpha value is -1.42. The lowest BCUT2D eigenvalue weighted by Gasteiger charge is -2.23. The quantitative estimate of drug-likeness (QED) is 0.861. The summed E-state index contributed by atoms with van der Waals surface area (Å²) < 4.78 is 0. The first-order valence-corrected chi connectivity index (χ1v) is 8.65. The minimum atomic E-state index is 0.304. The lowest BCUT2D eigenvalue weighted by Crippen LogP contribution is -2.39. The topological polar surface area (TPSA) is 36.4 Å². The SMILES string of the molecule is Cc1cccnc1C1CCN(C(=O)CN2CCCCCC2)C1. The normalized spacial score (nSPS) is 23.5. The van der Waals surface area contributed by atoms with Crippen molar-refractivity contribution in [1.29, 1.82) is 0 Å². The van der Waals surface area contributed by atoms with E-state index in [1.54, 1.807) is 0 Å². The summed E-state index contributed by atoms with van der Waals surface area (Å²) in [6.07, 6.45) is 8.02. The second-order valence-electron chi connectivity index (χ2n) is 6.72. The molecule has 1 amide bonds.